The highest BCUT2D eigenvalue weighted by Gasteiger charge is 2.34. The zero-order valence-corrected chi connectivity index (χ0v) is 12.1. The average Bonchev–Trinajstić information content (AvgIpc) is 2.93. The van der Waals surface area contributed by atoms with E-state index >= 15 is 0 Å². The number of carbonyl (C=O) groups is 1. The summed E-state index contributed by atoms with van der Waals surface area (Å²) >= 11 is 0. The molecule has 5 heteroatoms. The second-order valence-electron chi connectivity index (χ2n) is 5.79. The van der Waals surface area contributed by atoms with E-state index in [0.29, 0.717) is 23.8 Å². The van der Waals surface area contributed by atoms with Gasteiger partial charge in [0.25, 0.3) is 0 Å². The molecular weight excluding hydrogens is 258 g/mol. The second kappa shape index (κ2) is 6.41. The van der Waals surface area contributed by atoms with Crippen LogP contribution in [0.25, 0.3) is 0 Å². The van der Waals surface area contributed by atoms with E-state index in [4.69, 9.17) is 4.42 Å². The molecule has 0 amide bonds. The third-order valence-corrected chi connectivity index (χ3v) is 4.11. The molecule has 0 bridgehead atoms. The highest BCUT2D eigenvalue weighted by atomic mass is 16.5. The Labute approximate surface area is 119 Å². The summed E-state index contributed by atoms with van der Waals surface area (Å²) in [5.41, 5.74) is 0.190. The lowest BCUT2D eigenvalue weighted by Crippen LogP contribution is -2.51. The number of aliphatic hydroxyl groups is 1. The lowest BCUT2D eigenvalue weighted by molar-refractivity contribution is 0.0600. The maximum atomic E-state index is 11.4. The second-order valence-corrected chi connectivity index (χ2v) is 5.79. The Bertz CT molecular complexity index is 456. The summed E-state index contributed by atoms with van der Waals surface area (Å²) in [4.78, 5) is 11.4. The molecule has 2 unspecified atom stereocenters. The van der Waals surface area contributed by atoms with Crippen LogP contribution in [0.5, 0.6) is 0 Å². The van der Waals surface area contributed by atoms with E-state index < -0.39 is 5.97 Å². The molecule has 112 valence electrons. The Morgan fingerprint density at radius 2 is 2.45 bits per heavy atom. The molecule has 1 aliphatic rings. The van der Waals surface area contributed by atoms with Gasteiger partial charge < -0.3 is 19.6 Å². The van der Waals surface area contributed by atoms with E-state index in [2.05, 4.69) is 17.0 Å². The number of methoxy groups -OCH3 is 1. The molecule has 0 aliphatic heterocycles. The molecule has 1 heterocycles. The van der Waals surface area contributed by atoms with Crippen molar-refractivity contribution in [3.05, 3.63) is 23.7 Å². The van der Waals surface area contributed by atoms with Gasteiger partial charge in [-0.25, -0.2) is 4.79 Å². The summed E-state index contributed by atoms with van der Waals surface area (Å²) in [7, 11) is 1.34. The van der Waals surface area contributed by atoms with Gasteiger partial charge in [0.15, 0.2) is 0 Å². The first-order valence-corrected chi connectivity index (χ1v) is 7.10. The Morgan fingerprint density at radius 1 is 1.65 bits per heavy atom. The molecule has 5 nitrogen and oxygen atoms in total. The molecular formula is C15H23NO4. The predicted molar refractivity (Wildman–Crippen MR) is 74.3 cm³/mol. The quantitative estimate of drug-likeness (QED) is 0.809. The van der Waals surface area contributed by atoms with Crippen molar-refractivity contribution >= 4 is 5.97 Å². The average molecular weight is 281 g/mol. The largest absolute Gasteiger partial charge is 0.467 e. The smallest absolute Gasteiger partial charge is 0.341 e. The standard InChI is InChI=1S/C15H23NO4/c1-11-4-3-5-15(7-11,10-17)16-8-13-6-12(9-20-13)14(18)19-2/h6,9,11,16-17H,3-5,7-8,10H2,1-2H3. The molecule has 0 aromatic carbocycles. The minimum Gasteiger partial charge on any atom is -0.467 e. The first kappa shape index (κ1) is 15.1. The zero-order valence-electron chi connectivity index (χ0n) is 12.1. The molecule has 1 aliphatic carbocycles. The van der Waals surface area contributed by atoms with E-state index in [1.807, 2.05) is 0 Å². The first-order valence-electron chi connectivity index (χ1n) is 7.10. The molecule has 1 aromatic rings. The summed E-state index contributed by atoms with van der Waals surface area (Å²) in [6.45, 7) is 2.85. The lowest BCUT2D eigenvalue weighted by atomic mass is 9.77. The van der Waals surface area contributed by atoms with Crippen molar-refractivity contribution in [3.8, 4) is 0 Å². The summed E-state index contributed by atoms with van der Waals surface area (Å²) < 4.78 is 9.99. The van der Waals surface area contributed by atoms with Gasteiger partial charge in [-0.15, -0.1) is 0 Å². The van der Waals surface area contributed by atoms with Crippen molar-refractivity contribution in [1.29, 1.82) is 0 Å². The van der Waals surface area contributed by atoms with Gasteiger partial charge in [0.2, 0.25) is 0 Å². The molecule has 2 atom stereocenters. The summed E-state index contributed by atoms with van der Waals surface area (Å²) in [6, 6.07) is 1.68. The van der Waals surface area contributed by atoms with Crippen molar-refractivity contribution in [3.63, 3.8) is 0 Å². The Balaban J connectivity index is 1.96. The highest BCUT2D eigenvalue weighted by molar-refractivity contribution is 5.88. The molecule has 2 rings (SSSR count). The Hall–Kier alpha value is -1.33. The third-order valence-electron chi connectivity index (χ3n) is 4.11. The molecule has 0 spiro atoms. The Morgan fingerprint density at radius 3 is 3.10 bits per heavy atom. The fourth-order valence-corrected chi connectivity index (χ4v) is 2.99. The van der Waals surface area contributed by atoms with Crippen LogP contribution in [0.3, 0.4) is 0 Å². The number of hydrogen-bond acceptors (Lipinski definition) is 5. The van der Waals surface area contributed by atoms with Crippen LogP contribution in [0.4, 0.5) is 0 Å². The number of carbonyl (C=O) groups excluding carboxylic acids is 1. The van der Waals surface area contributed by atoms with Crippen molar-refractivity contribution in [1.82, 2.24) is 5.32 Å². The fraction of sp³-hybridized carbons (Fsp3) is 0.667. The molecule has 0 saturated heterocycles. The number of rotatable bonds is 5. The van der Waals surface area contributed by atoms with Crippen molar-refractivity contribution in [2.75, 3.05) is 13.7 Å². The lowest BCUT2D eigenvalue weighted by Gasteiger charge is -2.39. The molecule has 1 aromatic heterocycles. The molecule has 1 saturated carbocycles. The van der Waals surface area contributed by atoms with Gasteiger partial charge in [0.05, 0.1) is 25.8 Å². The maximum Gasteiger partial charge on any atom is 0.341 e. The van der Waals surface area contributed by atoms with Crippen molar-refractivity contribution in [2.45, 2.75) is 44.7 Å². The van der Waals surface area contributed by atoms with Gasteiger partial charge in [-0.3, -0.25) is 0 Å². The predicted octanol–water partition coefficient (Wildman–Crippen LogP) is 2.10. The van der Waals surface area contributed by atoms with Crippen molar-refractivity contribution in [2.24, 2.45) is 5.92 Å². The highest BCUT2D eigenvalue weighted by Crippen LogP contribution is 2.32. The van der Waals surface area contributed by atoms with Crippen LogP contribution in [0.1, 0.15) is 48.7 Å². The number of aliphatic hydroxyl groups excluding tert-OH is 1. The summed E-state index contributed by atoms with van der Waals surface area (Å²) in [6.07, 6.45) is 5.68. The SMILES string of the molecule is COC(=O)c1coc(CNC2(CO)CCCC(C)C2)c1. The minimum absolute atomic E-state index is 0.127. The van der Waals surface area contributed by atoms with E-state index in [1.165, 1.54) is 19.8 Å². The van der Waals surface area contributed by atoms with Gasteiger partial charge in [-0.1, -0.05) is 19.8 Å². The topological polar surface area (TPSA) is 71.7 Å². The van der Waals surface area contributed by atoms with Crippen molar-refractivity contribution < 1.29 is 19.1 Å². The van der Waals surface area contributed by atoms with Crippen LogP contribution in [0.2, 0.25) is 0 Å². The van der Waals surface area contributed by atoms with E-state index in [0.717, 1.165) is 19.3 Å². The van der Waals surface area contributed by atoms with Gasteiger partial charge in [0, 0.05) is 5.54 Å². The van der Waals surface area contributed by atoms with E-state index in [-0.39, 0.29) is 12.1 Å². The van der Waals surface area contributed by atoms with E-state index in [9.17, 15) is 9.90 Å². The minimum atomic E-state index is -0.400. The summed E-state index contributed by atoms with van der Waals surface area (Å²) in [5.74, 6) is 0.894. The van der Waals surface area contributed by atoms with E-state index in [1.54, 1.807) is 6.07 Å². The van der Waals surface area contributed by atoms with Crippen LogP contribution >= 0.6 is 0 Å². The van der Waals surface area contributed by atoms with Crippen LogP contribution < -0.4 is 5.32 Å². The monoisotopic (exact) mass is 281 g/mol. The van der Waals surface area contributed by atoms with Gasteiger partial charge >= 0.3 is 5.97 Å². The third kappa shape index (κ3) is 3.41. The van der Waals surface area contributed by atoms with Gasteiger partial charge in [-0.2, -0.15) is 0 Å². The Kier molecular flexibility index (Phi) is 4.83. The number of ether oxygens (including phenoxy) is 1. The van der Waals surface area contributed by atoms with Crippen LogP contribution in [-0.4, -0.2) is 30.3 Å². The van der Waals surface area contributed by atoms with Gasteiger partial charge in [0.1, 0.15) is 12.0 Å². The van der Waals surface area contributed by atoms with Gasteiger partial charge in [-0.05, 0) is 24.8 Å². The normalized spacial score (nSPS) is 26.4. The first-order chi connectivity index (χ1) is 9.58. The molecule has 1 fully saturated rings. The maximum absolute atomic E-state index is 11.4. The summed E-state index contributed by atoms with van der Waals surface area (Å²) in [5, 5.41) is 13.1. The molecule has 2 N–H and O–H groups in total. The van der Waals surface area contributed by atoms with Crippen LogP contribution in [0.15, 0.2) is 16.7 Å². The number of hydrogen-bond donors (Lipinski definition) is 2. The number of furan rings is 1. The fourth-order valence-electron chi connectivity index (χ4n) is 2.99. The van der Waals surface area contributed by atoms with Crippen LogP contribution in [0, 0.1) is 5.92 Å². The van der Waals surface area contributed by atoms with Crippen LogP contribution in [-0.2, 0) is 11.3 Å². The molecule has 20 heavy (non-hydrogen) atoms. The molecule has 0 radical (unpaired) electrons. The number of nitrogens with one attached hydrogen (secondary N) is 1. The zero-order chi connectivity index (χ0) is 14.6. The number of esters is 1.